The van der Waals surface area contributed by atoms with Gasteiger partial charge in [0.25, 0.3) is 0 Å². The van der Waals surface area contributed by atoms with E-state index >= 15 is 0 Å². The molecule has 2 aromatic heterocycles. The van der Waals surface area contributed by atoms with E-state index in [9.17, 15) is 28.8 Å². The van der Waals surface area contributed by atoms with Crippen LogP contribution in [0.4, 0.5) is 0 Å². The second-order valence-electron chi connectivity index (χ2n) is 14.1. The molecule has 5 rings (SSSR count). The van der Waals surface area contributed by atoms with Crippen molar-refractivity contribution in [2.75, 3.05) is 6.61 Å². The van der Waals surface area contributed by atoms with Crippen LogP contribution in [-0.2, 0) is 43.2 Å². The van der Waals surface area contributed by atoms with E-state index in [-0.39, 0.29) is 41.2 Å². The van der Waals surface area contributed by atoms with Crippen molar-refractivity contribution < 1.29 is 38.6 Å². The van der Waals surface area contributed by atoms with Crippen LogP contribution in [0.15, 0.2) is 72.8 Å². The number of hydrogen-bond acceptors (Lipinski definition) is 11. The Hall–Kier alpha value is -5.69. The number of ether oxygens (including phenoxy) is 1. The molecule has 3 aromatic carbocycles. The normalized spacial score (nSPS) is 10.2. The fraction of sp³-hybridized carbons (Fsp3) is 0.319. The van der Waals surface area contributed by atoms with Crippen molar-refractivity contribution in [3.05, 3.63) is 150 Å². The fourth-order valence-electron chi connectivity index (χ4n) is 5.85. The number of nitrogens with zero attached hydrogens (tertiary/aromatic N) is 4. The van der Waals surface area contributed by atoms with Crippen LogP contribution in [0.5, 0.6) is 0 Å². The summed E-state index contributed by atoms with van der Waals surface area (Å²) in [5.41, 5.74) is 7.61. The number of esters is 1. The molecular weight excluding hydrogens is 855 g/mol. The zero-order valence-electron chi connectivity index (χ0n) is 36.3. The van der Waals surface area contributed by atoms with Crippen molar-refractivity contribution in [3.63, 3.8) is 0 Å². The number of benzene rings is 3. The van der Waals surface area contributed by atoms with E-state index in [4.69, 9.17) is 44.6 Å². The first-order valence-corrected chi connectivity index (χ1v) is 20.6. The van der Waals surface area contributed by atoms with Crippen LogP contribution >= 0.6 is 34.8 Å². The number of aromatic carboxylic acids is 1. The molecule has 0 aliphatic rings. The lowest BCUT2D eigenvalue weighted by Gasteiger charge is -2.11. The lowest BCUT2D eigenvalue weighted by molar-refractivity contribution is -0.130. The topological polar surface area (TPSA) is 183 Å². The van der Waals surface area contributed by atoms with Crippen molar-refractivity contribution in [1.29, 1.82) is 0 Å². The molecule has 2 heterocycles. The molecule has 0 fully saturated rings. The minimum absolute atomic E-state index is 0.0625. The second-order valence-corrected chi connectivity index (χ2v) is 15.3. The number of rotatable bonds is 13. The van der Waals surface area contributed by atoms with Gasteiger partial charge in [0.15, 0.2) is 0 Å². The average Bonchev–Trinajstić information content (AvgIpc) is 3.18. The number of hydrogen-bond donors (Lipinski definition) is 1. The molecule has 0 amide bonds. The number of Topliss-reactive ketones (excluding diaryl/α,β-unsaturated/α-hetero) is 4. The zero-order chi connectivity index (χ0) is 46.7. The van der Waals surface area contributed by atoms with Crippen molar-refractivity contribution in [2.45, 2.75) is 88.0 Å². The van der Waals surface area contributed by atoms with Crippen LogP contribution in [0.3, 0.4) is 0 Å². The summed E-state index contributed by atoms with van der Waals surface area (Å²) in [6.07, 6.45) is 1.71. The first-order valence-electron chi connectivity index (χ1n) is 19.4. The molecule has 0 radical (unpaired) electrons. The number of ketones is 4. The number of aryl methyl sites for hydroxylation is 4. The van der Waals surface area contributed by atoms with Crippen LogP contribution in [0.25, 0.3) is 0 Å². The van der Waals surface area contributed by atoms with E-state index in [1.54, 1.807) is 26.8 Å². The van der Waals surface area contributed by atoms with E-state index in [0.717, 1.165) is 39.2 Å². The highest BCUT2D eigenvalue weighted by atomic mass is 35.5. The van der Waals surface area contributed by atoms with Gasteiger partial charge in [-0.2, -0.15) is 0 Å². The van der Waals surface area contributed by atoms with Crippen molar-refractivity contribution in [1.82, 2.24) is 19.9 Å². The molecule has 0 unspecified atom stereocenters. The van der Waals surface area contributed by atoms with E-state index in [2.05, 4.69) is 19.9 Å². The Morgan fingerprint density at radius 1 is 0.565 bits per heavy atom. The number of carbonyl (C=O) groups excluding carboxylic acids is 5. The first-order chi connectivity index (χ1) is 29.2. The molecule has 0 bridgehead atoms. The van der Waals surface area contributed by atoms with Gasteiger partial charge in [-0.15, -0.1) is 0 Å². The summed E-state index contributed by atoms with van der Waals surface area (Å²) in [5, 5.41) is 10.9. The van der Waals surface area contributed by atoms with Gasteiger partial charge in [-0.3, -0.25) is 19.2 Å². The maximum absolute atomic E-state index is 11.7. The largest absolute Gasteiger partial charge is 0.475 e. The molecule has 0 aliphatic heterocycles. The van der Waals surface area contributed by atoms with E-state index in [0.29, 0.717) is 52.3 Å². The fourth-order valence-corrected chi connectivity index (χ4v) is 6.46. The Kier molecular flexibility index (Phi) is 21.9. The smallest absolute Gasteiger partial charge is 0.376 e. The summed E-state index contributed by atoms with van der Waals surface area (Å²) in [6.45, 7) is 15.0. The SMILES string of the molecule is CC(=O)C(Cc1ccccc1Cl)C(C)=O.CC(=O)CC(C)=O.CCOC(=O)c1nc(C)c(Cc2ccccc2Cl)c(C)n1.Cc1nc(C(=O)O)nc(C)c1Cc1ccccc1Cl. The summed E-state index contributed by atoms with van der Waals surface area (Å²) in [4.78, 5) is 81.6. The molecule has 62 heavy (non-hydrogen) atoms. The van der Waals surface area contributed by atoms with Crippen LogP contribution in [0.1, 0.15) is 113 Å². The molecule has 0 aliphatic carbocycles. The molecule has 12 nitrogen and oxygen atoms in total. The van der Waals surface area contributed by atoms with E-state index < -0.39 is 17.9 Å². The predicted octanol–water partition coefficient (Wildman–Crippen LogP) is 9.78. The van der Waals surface area contributed by atoms with E-state index in [1.165, 1.54) is 27.7 Å². The summed E-state index contributed by atoms with van der Waals surface area (Å²) < 4.78 is 4.93. The Morgan fingerprint density at radius 3 is 1.19 bits per heavy atom. The molecule has 15 heteroatoms. The van der Waals surface area contributed by atoms with E-state index in [1.807, 2.05) is 80.6 Å². The Labute approximate surface area is 377 Å². The summed E-state index contributed by atoms with van der Waals surface area (Å²) in [5.74, 6) is -2.58. The highest BCUT2D eigenvalue weighted by molar-refractivity contribution is 6.32. The van der Waals surface area contributed by atoms with Gasteiger partial charge in [0.2, 0.25) is 11.6 Å². The van der Waals surface area contributed by atoms with Crippen LogP contribution < -0.4 is 0 Å². The zero-order valence-corrected chi connectivity index (χ0v) is 38.5. The Balaban J connectivity index is 0.000000300. The first kappa shape index (κ1) is 52.4. The third-order valence-corrected chi connectivity index (χ3v) is 10.1. The molecule has 328 valence electrons. The number of carboxylic acid groups (broad SMARTS) is 1. The minimum Gasteiger partial charge on any atom is -0.475 e. The molecule has 5 aromatic rings. The van der Waals surface area contributed by atoms with Gasteiger partial charge in [-0.1, -0.05) is 89.4 Å². The van der Waals surface area contributed by atoms with Gasteiger partial charge in [0, 0.05) is 50.7 Å². The van der Waals surface area contributed by atoms with Crippen LogP contribution in [0, 0.1) is 33.6 Å². The molecule has 0 atom stereocenters. The van der Waals surface area contributed by atoms with Crippen LogP contribution in [-0.4, -0.2) is 66.7 Å². The molecule has 1 N–H and O–H groups in total. The van der Waals surface area contributed by atoms with Crippen LogP contribution in [0.2, 0.25) is 15.1 Å². The second kappa shape index (κ2) is 25.9. The van der Waals surface area contributed by atoms with Gasteiger partial charge in [0.05, 0.1) is 18.9 Å². The Bertz CT molecular complexity index is 2330. The van der Waals surface area contributed by atoms with Crippen molar-refractivity contribution >= 4 is 69.9 Å². The average molecular weight is 906 g/mol. The number of carboxylic acids is 1. The third kappa shape index (κ3) is 17.4. The monoisotopic (exact) mass is 904 g/mol. The summed E-state index contributed by atoms with van der Waals surface area (Å²) in [6, 6.07) is 22.5. The Morgan fingerprint density at radius 2 is 0.903 bits per heavy atom. The minimum atomic E-state index is -1.12. The number of aromatic nitrogens is 4. The van der Waals surface area contributed by atoms with Crippen molar-refractivity contribution in [3.8, 4) is 0 Å². The maximum atomic E-state index is 11.7. The number of carbonyl (C=O) groups is 6. The number of halogens is 3. The lowest BCUT2D eigenvalue weighted by atomic mass is 9.93. The molecular formula is C47H51Cl3N4O8. The van der Waals surface area contributed by atoms with Gasteiger partial charge in [-0.25, -0.2) is 29.5 Å². The molecule has 0 saturated heterocycles. The maximum Gasteiger partial charge on any atom is 0.376 e. The summed E-state index contributed by atoms with van der Waals surface area (Å²) in [7, 11) is 0. The van der Waals surface area contributed by atoms with Gasteiger partial charge < -0.3 is 9.84 Å². The van der Waals surface area contributed by atoms with Crippen molar-refractivity contribution in [2.24, 2.45) is 5.92 Å². The quantitative estimate of drug-likeness (QED) is 0.0873. The van der Waals surface area contributed by atoms with Gasteiger partial charge >= 0.3 is 11.9 Å². The molecule has 0 spiro atoms. The summed E-state index contributed by atoms with van der Waals surface area (Å²) >= 11 is 18.3. The third-order valence-electron chi connectivity index (χ3n) is 9.00. The predicted molar refractivity (Wildman–Crippen MR) is 240 cm³/mol. The van der Waals surface area contributed by atoms with Gasteiger partial charge in [0.1, 0.15) is 23.1 Å². The lowest BCUT2D eigenvalue weighted by Crippen LogP contribution is -2.21. The van der Waals surface area contributed by atoms with Gasteiger partial charge in [-0.05, 0) is 115 Å². The highest BCUT2D eigenvalue weighted by Gasteiger charge is 2.21. The molecule has 0 saturated carbocycles. The highest BCUT2D eigenvalue weighted by Crippen LogP contribution is 2.24. The standard InChI is InChI=1S/C16H17ClN2O2.C14H13ClN2O2.C12H13ClO2.C5H8O2/c1-4-21-16(20)15-18-10(2)13(11(3)19-15)9-12-7-5-6-8-14(12)17;1-8-11(7-10-5-3-4-6-12(10)15)9(2)17-13(16-8)14(18)19;1-8(14)11(9(2)15)7-10-5-3-4-6-12(10)13;1-4(6)3-5(2)7/h5-8H,4,9H2,1-3H3;3-6H,7H2,1-2H3,(H,18,19);3-6,11H,7H2,1-2H3;3H2,1-2H3.